The van der Waals surface area contributed by atoms with E-state index in [1.807, 2.05) is 0 Å². The molecule has 1 saturated carbocycles. The summed E-state index contributed by atoms with van der Waals surface area (Å²) in [6.07, 6.45) is 5.36. The molecule has 2 N–H and O–H groups in total. The third-order valence-electron chi connectivity index (χ3n) is 1.83. The molecule has 0 saturated heterocycles. The molecule has 3 nitrogen and oxygen atoms in total. The van der Waals surface area contributed by atoms with Crippen molar-refractivity contribution in [1.29, 1.82) is 0 Å². The van der Waals surface area contributed by atoms with Crippen LogP contribution in [0.15, 0.2) is 17.3 Å². The zero-order valence-electron chi connectivity index (χ0n) is 7.12. The first-order valence-electron chi connectivity index (χ1n) is 4.13. The van der Waals surface area contributed by atoms with Crippen LogP contribution in [0.25, 0.3) is 0 Å². The Balaban J connectivity index is 2.49. The SMILES string of the molecule is N/C=C\C(=NC1CCC1)OC(F)F. The maximum absolute atomic E-state index is 11.8. The van der Waals surface area contributed by atoms with Crippen LogP contribution in [0, 0.1) is 0 Å². The van der Waals surface area contributed by atoms with Crippen LogP contribution < -0.4 is 5.73 Å². The summed E-state index contributed by atoms with van der Waals surface area (Å²) in [7, 11) is 0. The van der Waals surface area contributed by atoms with Gasteiger partial charge in [-0.05, 0) is 25.5 Å². The summed E-state index contributed by atoms with van der Waals surface area (Å²) in [4.78, 5) is 3.96. The van der Waals surface area contributed by atoms with E-state index in [0.29, 0.717) is 0 Å². The molecule has 0 radical (unpaired) electrons. The van der Waals surface area contributed by atoms with E-state index in [9.17, 15) is 8.78 Å². The Morgan fingerprint density at radius 3 is 2.62 bits per heavy atom. The normalized spacial score (nSPS) is 19.5. The van der Waals surface area contributed by atoms with Gasteiger partial charge in [0, 0.05) is 6.08 Å². The minimum absolute atomic E-state index is 0.0813. The molecular formula is C8H12F2N2O. The van der Waals surface area contributed by atoms with Crippen LogP contribution in [0.1, 0.15) is 19.3 Å². The third-order valence-corrected chi connectivity index (χ3v) is 1.83. The summed E-state index contributed by atoms with van der Waals surface area (Å²) >= 11 is 0. The van der Waals surface area contributed by atoms with Crippen LogP contribution in [0.4, 0.5) is 8.78 Å². The molecule has 1 aliphatic carbocycles. The highest BCUT2D eigenvalue weighted by Gasteiger charge is 2.17. The van der Waals surface area contributed by atoms with Gasteiger partial charge < -0.3 is 10.5 Å². The number of alkyl halides is 2. The second-order valence-electron chi connectivity index (χ2n) is 2.79. The maximum atomic E-state index is 11.8. The molecule has 0 aliphatic heterocycles. The van der Waals surface area contributed by atoms with Gasteiger partial charge in [0.05, 0.1) is 6.04 Å². The van der Waals surface area contributed by atoms with E-state index >= 15 is 0 Å². The summed E-state index contributed by atoms with van der Waals surface area (Å²) in [5.74, 6) is -0.0813. The molecule has 0 aromatic carbocycles. The second kappa shape index (κ2) is 4.79. The van der Waals surface area contributed by atoms with Gasteiger partial charge in [-0.2, -0.15) is 8.78 Å². The molecule has 0 aromatic heterocycles. The first-order valence-corrected chi connectivity index (χ1v) is 4.13. The van der Waals surface area contributed by atoms with Crippen molar-refractivity contribution in [3.05, 3.63) is 12.3 Å². The lowest BCUT2D eigenvalue weighted by atomic mass is 9.94. The lowest BCUT2D eigenvalue weighted by Gasteiger charge is -2.21. The van der Waals surface area contributed by atoms with E-state index < -0.39 is 6.61 Å². The zero-order valence-corrected chi connectivity index (χ0v) is 7.12. The van der Waals surface area contributed by atoms with Crippen LogP contribution >= 0.6 is 0 Å². The van der Waals surface area contributed by atoms with E-state index in [1.54, 1.807) is 0 Å². The molecule has 1 fully saturated rings. The fourth-order valence-electron chi connectivity index (χ4n) is 0.982. The Hall–Kier alpha value is -1.13. The number of rotatable bonds is 3. The van der Waals surface area contributed by atoms with Crippen molar-refractivity contribution in [3.63, 3.8) is 0 Å². The average molecular weight is 190 g/mol. The topological polar surface area (TPSA) is 47.6 Å². The van der Waals surface area contributed by atoms with Crippen molar-refractivity contribution >= 4 is 5.90 Å². The van der Waals surface area contributed by atoms with Crippen molar-refractivity contribution in [1.82, 2.24) is 0 Å². The number of nitrogens with two attached hydrogens (primary N) is 1. The molecule has 0 heterocycles. The monoisotopic (exact) mass is 190 g/mol. The van der Waals surface area contributed by atoms with Gasteiger partial charge in [-0.15, -0.1) is 0 Å². The van der Waals surface area contributed by atoms with Crippen LogP contribution in [-0.4, -0.2) is 18.6 Å². The first kappa shape index (κ1) is 9.95. The van der Waals surface area contributed by atoms with Crippen molar-refractivity contribution in [2.75, 3.05) is 0 Å². The predicted molar refractivity (Wildman–Crippen MR) is 45.5 cm³/mol. The number of halogens is 2. The van der Waals surface area contributed by atoms with Crippen molar-refractivity contribution in [2.24, 2.45) is 10.7 Å². The standard InChI is InChI=1S/C8H12F2N2O/c9-8(10)13-7(4-5-11)12-6-2-1-3-6/h4-6,8H,1-3,11H2/b5-4-,12-7?. The quantitative estimate of drug-likeness (QED) is 0.543. The lowest BCUT2D eigenvalue weighted by Crippen LogP contribution is -2.19. The summed E-state index contributed by atoms with van der Waals surface area (Å²) in [6.45, 7) is -2.84. The molecule has 13 heavy (non-hydrogen) atoms. The zero-order chi connectivity index (χ0) is 9.68. The average Bonchev–Trinajstić information content (AvgIpc) is 1.96. The van der Waals surface area contributed by atoms with Gasteiger partial charge in [0.15, 0.2) is 0 Å². The van der Waals surface area contributed by atoms with Gasteiger partial charge in [-0.1, -0.05) is 0 Å². The fraction of sp³-hybridized carbons (Fsp3) is 0.625. The molecule has 0 aromatic rings. The number of ether oxygens (including phenoxy) is 1. The minimum Gasteiger partial charge on any atom is -0.417 e. The fourth-order valence-corrected chi connectivity index (χ4v) is 0.982. The summed E-state index contributed by atoms with van der Waals surface area (Å²) in [6, 6.07) is 0.130. The van der Waals surface area contributed by atoms with Crippen molar-refractivity contribution < 1.29 is 13.5 Å². The van der Waals surface area contributed by atoms with Crippen LogP contribution in [-0.2, 0) is 4.74 Å². The Bertz CT molecular complexity index is 212. The molecule has 0 amide bonds. The third kappa shape index (κ3) is 3.40. The molecule has 0 unspecified atom stereocenters. The predicted octanol–water partition coefficient (Wildman–Crippen LogP) is 1.65. The van der Waals surface area contributed by atoms with Gasteiger partial charge in [0.2, 0.25) is 5.90 Å². The Morgan fingerprint density at radius 2 is 2.23 bits per heavy atom. The van der Waals surface area contributed by atoms with E-state index in [-0.39, 0.29) is 11.9 Å². The largest absolute Gasteiger partial charge is 0.417 e. The smallest absolute Gasteiger partial charge is 0.388 e. The highest BCUT2D eigenvalue weighted by molar-refractivity contribution is 5.87. The second-order valence-corrected chi connectivity index (χ2v) is 2.79. The van der Waals surface area contributed by atoms with Crippen molar-refractivity contribution in [2.45, 2.75) is 31.9 Å². The van der Waals surface area contributed by atoms with E-state index in [4.69, 9.17) is 5.73 Å². The molecule has 1 aliphatic rings. The van der Waals surface area contributed by atoms with Gasteiger partial charge in [-0.3, -0.25) is 0 Å². The number of hydrogen-bond donors (Lipinski definition) is 1. The minimum atomic E-state index is -2.84. The molecule has 0 atom stereocenters. The molecule has 0 spiro atoms. The Labute approximate surface area is 75.3 Å². The number of aliphatic imine (C=N–C) groups is 1. The van der Waals surface area contributed by atoms with Gasteiger partial charge >= 0.3 is 6.61 Å². The van der Waals surface area contributed by atoms with E-state index in [0.717, 1.165) is 25.5 Å². The van der Waals surface area contributed by atoms with Crippen LogP contribution in [0.3, 0.4) is 0 Å². The van der Waals surface area contributed by atoms with Gasteiger partial charge in [0.25, 0.3) is 0 Å². The summed E-state index contributed by atoms with van der Waals surface area (Å²) in [5, 5.41) is 0. The maximum Gasteiger partial charge on any atom is 0.388 e. The number of nitrogens with zero attached hydrogens (tertiary/aromatic N) is 1. The summed E-state index contributed by atoms with van der Waals surface area (Å²) in [5.41, 5.74) is 5.05. The van der Waals surface area contributed by atoms with Crippen LogP contribution in [0.5, 0.6) is 0 Å². The van der Waals surface area contributed by atoms with E-state index in [1.165, 1.54) is 6.08 Å². The number of hydrogen-bond acceptors (Lipinski definition) is 3. The lowest BCUT2D eigenvalue weighted by molar-refractivity contribution is -0.0598. The highest BCUT2D eigenvalue weighted by atomic mass is 19.3. The molecule has 74 valence electrons. The molecule has 1 rings (SSSR count). The van der Waals surface area contributed by atoms with Gasteiger partial charge in [-0.25, -0.2) is 4.99 Å². The first-order chi connectivity index (χ1) is 6.22. The van der Waals surface area contributed by atoms with E-state index in [2.05, 4.69) is 9.73 Å². The molecule has 0 bridgehead atoms. The Kier molecular flexibility index (Phi) is 3.67. The molecular weight excluding hydrogens is 178 g/mol. The Morgan fingerprint density at radius 1 is 1.54 bits per heavy atom. The van der Waals surface area contributed by atoms with Crippen molar-refractivity contribution in [3.8, 4) is 0 Å². The van der Waals surface area contributed by atoms with Gasteiger partial charge in [0.1, 0.15) is 0 Å². The summed E-state index contributed by atoms with van der Waals surface area (Å²) < 4.78 is 27.8. The molecule has 5 heteroatoms. The van der Waals surface area contributed by atoms with Crippen LogP contribution in [0.2, 0.25) is 0 Å². The highest BCUT2D eigenvalue weighted by Crippen LogP contribution is 2.22.